The topological polar surface area (TPSA) is 20.3 Å². The lowest BCUT2D eigenvalue weighted by atomic mass is 10.1. The fraction of sp³-hybridized carbons (Fsp3) is 0.500. The quantitative estimate of drug-likeness (QED) is 0.729. The number of benzene rings is 1. The summed E-state index contributed by atoms with van der Waals surface area (Å²) in [5, 5.41) is 0. The molecule has 19 heavy (non-hydrogen) atoms. The van der Waals surface area contributed by atoms with Crippen molar-refractivity contribution < 1.29 is 13.6 Å². The van der Waals surface area contributed by atoms with Crippen molar-refractivity contribution in [3.05, 3.63) is 35.4 Å². The van der Waals surface area contributed by atoms with Gasteiger partial charge in [-0.1, -0.05) is 13.8 Å². The highest BCUT2D eigenvalue weighted by atomic mass is 35.5. The number of carbonyl (C=O) groups is 1. The summed E-state index contributed by atoms with van der Waals surface area (Å²) in [7, 11) is 0. The van der Waals surface area contributed by atoms with Gasteiger partial charge in [-0.3, -0.25) is 4.79 Å². The third-order valence-corrected chi connectivity index (χ3v) is 3.30. The van der Waals surface area contributed by atoms with Crippen LogP contribution in [0.5, 0.6) is 0 Å². The van der Waals surface area contributed by atoms with E-state index in [-0.39, 0.29) is 17.5 Å². The van der Waals surface area contributed by atoms with Crippen LogP contribution >= 0.6 is 11.6 Å². The number of carbonyl (C=O) groups excluding carboxylic acids is 1. The maximum absolute atomic E-state index is 13.7. The molecule has 2 nitrogen and oxygen atoms in total. The molecule has 0 aliphatic heterocycles. The maximum atomic E-state index is 13.7. The van der Waals surface area contributed by atoms with Crippen molar-refractivity contribution in [2.75, 3.05) is 12.4 Å². The molecule has 0 N–H and O–H groups in total. The van der Waals surface area contributed by atoms with Gasteiger partial charge in [0, 0.05) is 24.5 Å². The monoisotopic (exact) mass is 289 g/mol. The maximum Gasteiger partial charge on any atom is 0.257 e. The van der Waals surface area contributed by atoms with Crippen LogP contribution in [0, 0.1) is 11.6 Å². The Labute approximate surface area is 117 Å². The van der Waals surface area contributed by atoms with E-state index in [1.807, 2.05) is 13.8 Å². The minimum Gasteiger partial charge on any atom is -0.334 e. The largest absolute Gasteiger partial charge is 0.334 e. The molecule has 0 radical (unpaired) electrons. The van der Waals surface area contributed by atoms with E-state index in [0.717, 1.165) is 25.0 Å². The number of rotatable bonds is 6. The Morgan fingerprint density at radius 3 is 2.42 bits per heavy atom. The average Bonchev–Trinajstić information content (AvgIpc) is 2.38. The smallest absolute Gasteiger partial charge is 0.257 e. The van der Waals surface area contributed by atoms with Crippen LogP contribution < -0.4 is 0 Å². The van der Waals surface area contributed by atoms with Crippen LogP contribution in [0.15, 0.2) is 18.2 Å². The summed E-state index contributed by atoms with van der Waals surface area (Å²) >= 11 is 5.70. The molecule has 5 heteroatoms. The minimum absolute atomic E-state index is 0.00991. The van der Waals surface area contributed by atoms with Gasteiger partial charge < -0.3 is 4.90 Å². The molecule has 0 saturated carbocycles. The van der Waals surface area contributed by atoms with E-state index >= 15 is 0 Å². The Balaban J connectivity index is 3.04. The van der Waals surface area contributed by atoms with E-state index in [2.05, 4.69) is 0 Å². The van der Waals surface area contributed by atoms with Crippen molar-refractivity contribution in [1.82, 2.24) is 4.90 Å². The molecule has 0 spiro atoms. The lowest BCUT2D eigenvalue weighted by molar-refractivity contribution is 0.0676. The summed E-state index contributed by atoms with van der Waals surface area (Å²) in [4.78, 5) is 13.9. The molecule has 0 aliphatic carbocycles. The molecule has 0 aliphatic rings. The van der Waals surface area contributed by atoms with E-state index in [1.165, 1.54) is 6.07 Å². The molecule has 1 aromatic carbocycles. The van der Waals surface area contributed by atoms with E-state index in [9.17, 15) is 13.6 Å². The Morgan fingerprint density at radius 2 is 1.95 bits per heavy atom. The first-order valence-corrected chi connectivity index (χ1v) is 6.90. The molecule has 0 unspecified atom stereocenters. The SMILES string of the molecule is CCC(CC)N(CCCl)C(=O)c1ccc(F)cc1F. The summed E-state index contributed by atoms with van der Waals surface area (Å²) < 4.78 is 26.5. The van der Waals surface area contributed by atoms with Crippen LogP contribution in [0.25, 0.3) is 0 Å². The number of alkyl halides is 1. The van der Waals surface area contributed by atoms with Crippen molar-refractivity contribution in [2.45, 2.75) is 32.7 Å². The van der Waals surface area contributed by atoms with Gasteiger partial charge in [0.15, 0.2) is 0 Å². The van der Waals surface area contributed by atoms with E-state index in [1.54, 1.807) is 4.90 Å². The summed E-state index contributed by atoms with van der Waals surface area (Å²) in [6.45, 7) is 4.27. The standard InChI is InChI=1S/C14H18ClF2NO/c1-3-11(4-2)18(8-7-15)14(19)12-6-5-10(16)9-13(12)17/h5-6,9,11H,3-4,7-8H2,1-2H3. The van der Waals surface area contributed by atoms with Gasteiger partial charge in [0.1, 0.15) is 11.6 Å². The summed E-state index contributed by atoms with van der Waals surface area (Å²) in [6.07, 6.45) is 1.53. The summed E-state index contributed by atoms with van der Waals surface area (Å²) in [5.41, 5.74) is -0.113. The molecule has 0 saturated heterocycles. The molecule has 0 atom stereocenters. The minimum atomic E-state index is -0.837. The van der Waals surface area contributed by atoms with Crippen LogP contribution in [0.1, 0.15) is 37.0 Å². The molecular weight excluding hydrogens is 272 g/mol. The molecule has 0 bridgehead atoms. The van der Waals surface area contributed by atoms with Gasteiger partial charge in [0.2, 0.25) is 0 Å². The van der Waals surface area contributed by atoms with Gasteiger partial charge >= 0.3 is 0 Å². The predicted octanol–water partition coefficient (Wildman–Crippen LogP) is 3.83. The first kappa shape index (κ1) is 15.9. The van der Waals surface area contributed by atoms with Crippen molar-refractivity contribution in [1.29, 1.82) is 0 Å². The Bertz CT molecular complexity index is 435. The highest BCUT2D eigenvalue weighted by Crippen LogP contribution is 2.17. The van der Waals surface area contributed by atoms with Crippen LogP contribution in [0.4, 0.5) is 8.78 Å². The summed E-state index contributed by atoms with van der Waals surface area (Å²) in [6, 6.07) is 2.99. The predicted molar refractivity (Wildman–Crippen MR) is 72.5 cm³/mol. The van der Waals surface area contributed by atoms with Crippen molar-refractivity contribution in [2.24, 2.45) is 0 Å². The second-order valence-corrected chi connectivity index (χ2v) is 4.66. The van der Waals surface area contributed by atoms with Crippen molar-refractivity contribution >= 4 is 17.5 Å². The van der Waals surface area contributed by atoms with E-state index in [0.29, 0.717) is 6.54 Å². The Morgan fingerprint density at radius 1 is 1.32 bits per heavy atom. The van der Waals surface area contributed by atoms with Crippen LogP contribution in [0.2, 0.25) is 0 Å². The lowest BCUT2D eigenvalue weighted by Crippen LogP contribution is -2.41. The van der Waals surface area contributed by atoms with Gasteiger partial charge in [-0.25, -0.2) is 8.78 Å². The number of hydrogen-bond acceptors (Lipinski definition) is 1. The zero-order valence-corrected chi connectivity index (χ0v) is 11.9. The highest BCUT2D eigenvalue weighted by Gasteiger charge is 2.24. The normalized spacial score (nSPS) is 10.8. The zero-order chi connectivity index (χ0) is 14.4. The first-order chi connectivity index (χ1) is 9.04. The Hall–Kier alpha value is -1.16. The fourth-order valence-electron chi connectivity index (χ4n) is 2.09. The number of amides is 1. The molecule has 0 fully saturated rings. The summed E-state index contributed by atoms with van der Waals surface area (Å²) in [5.74, 6) is -1.69. The van der Waals surface area contributed by atoms with Crippen LogP contribution in [0.3, 0.4) is 0 Å². The van der Waals surface area contributed by atoms with E-state index in [4.69, 9.17) is 11.6 Å². The molecule has 106 valence electrons. The first-order valence-electron chi connectivity index (χ1n) is 6.37. The van der Waals surface area contributed by atoms with Gasteiger partial charge in [-0.15, -0.1) is 11.6 Å². The third kappa shape index (κ3) is 3.90. The second-order valence-electron chi connectivity index (χ2n) is 4.28. The lowest BCUT2D eigenvalue weighted by Gasteiger charge is -2.30. The van der Waals surface area contributed by atoms with Crippen LogP contribution in [-0.2, 0) is 0 Å². The van der Waals surface area contributed by atoms with Crippen molar-refractivity contribution in [3.63, 3.8) is 0 Å². The van der Waals surface area contributed by atoms with Gasteiger partial charge in [0.25, 0.3) is 5.91 Å². The van der Waals surface area contributed by atoms with Crippen LogP contribution in [-0.4, -0.2) is 29.3 Å². The number of hydrogen-bond donors (Lipinski definition) is 0. The van der Waals surface area contributed by atoms with Gasteiger partial charge in [-0.2, -0.15) is 0 Å². The van der Waals surface area contributed by atoms with E-state index < -0.39 is 17.5 Å². The third-order valence-electron chi connectivity index (χ3n) is 3.13. The average molecular weight is 290 g/mol. The van der Waals surface area contributed by atoms with Gasteiger partial charge in [-0.05, 0) is 25.0 Å². The second kappa shape index (κ2) is 7.43. The number of nitrogens with zero attached hydrogens (tertiary/aromatic N) is 1. The molecule has 1 amide bonds. The fourth-order valence-corrected chi connectivity index (χ4v) is 2.27. The number of halogens is 3. The van der Waals surface area contributed by atoms with Gasteiger partial charge in [0.05, 0.1) is 5.56 Å². The molecule has 0 aromatic heterocycles. The molecule has 0 heterocycles. The Kier molecular flexibility index (Phi) is 6.22. The molecule has 1 rings (SSSR count). The highest BCUT2D eigenvalue weighted by molar-refractivity contribution is 6.18. The molecule has 1 aromatic rings. The zero-order valence-electron chi connectivity index (χ0n) is 11.1. The van der Waals surface area contributed by atoms with Crippen molar-refractivity contribution in [3.8, 4) is 0 Å². The molecular formula is C14H18ClF2NO.